The average molecular weight is 272 g/mol. The van der Waals surface area contributed by atoms with Gasteiger partial charge in [-0.15, -0.1) is 0 Å². The number of methoxy groups -OCH3 is 1. The van der Waals surface area contributed by atoms with Crippen LogP contribution < -0.4 is 10.1 Å². The molecule has 18 heavy (non-hydrogen) atoms. The molecule has 0 spiro atoms. The fourth-order valence-corrected chi connectivity index (χ4v) is 1.87. The van der Waals surface area contributed by atoms with Crippen molar-refractivity contribution in [3.63, 3.8) is 0 Å². The van der Waals surface area contributed by atoms with Gasteiger partial charge in [0.1, 0.15) is 11.3 Å². The van der Waals surface area contributed by atoms with E-state index in [9.17, 15) is 4.79 Å². The van der Waals surface area contributed by atoms with Gasteiger partial charge in [-0.2, -0.15) is 4.98 Å². The van der Waals surface area contributed by atoms with Gasteiger partial charge in [0.05, 0.1) is 7.11 Å². The van der Waals surface area contributed by atoms with E-state index in [0.29, 0.717) is 18.9 Å². The molecular weight excluding hydrogens is 258 g/mol. The van der Waals surface area contributed by atoms with Gasteiger partial charge in [-0.1, -0.05) is 11.6 Å². The molecule has 1 unspecified atom stereocenters. The molecule has 0 aliphatic carbocycles. The van der Waals surface area contributed by atoms with Gasteiger partial charge in [0, 0.05) is 12.7 Å². The number of rotatable bonds is 3. The number of ether oxygens (including phenoxy) is 2. The molecule has 1 atom stereocenters. The molecule has 1 N–H and O–H groups in total. The van der Waals surface area contributed by atoms with Crippen LogP contribution in [0.15, 0.2) is 6.07 Å². The van der Waals surface area contributed by atoms with Crippen molar-refractivity contribution in [3.05, 3.63) is 11.2 Å². The summed E-state index contributed by atoms with van der Waals surface area (Å²) in [5, 5.41) is 2.79. The number of hydrogen-bond acceptors (Lipinski definition) is 5. The molecule has 2 heterocycles. The zero-order valence-corrected chi connectivity index (χ0v) is 10.7. The average Bonchev–Trinajstić information content (AvgIpc) is 2.39. The van der Waals surface area contributed by atoms with Crippen molar-refractivity contribution in [2.75, 3.05) is 19.0 Å². The lowest BCUT2D eigenvalue weighted by molar-refractivity contribution is -0.130. The highest BCUT2D eigenvalue weighted by atomic mass is 35.5. The molecule has 1 aromatic rings. The highest BCUT2D eigenvalue weighted by molar-refractivity contribution is 6.29. The highest BCUT2D eigenvalue weighted by Gasteiger charge is 2.22. The van der Waals surface area contributed by atoms with Crippen LogP contribution in [0.5, 0.6) is 5.88 Å². The standard InChI is InChI=1S/C11H14ClN3O3/c1-17-9-6-8(12)13-11(14-9)15-10(16)7-4-2-3-5-18-7/h6-7H,2-5H2,1H3,(H,13,14,15,16). The van der Waals surface area contributed by atoms with E-state index in [0.717, 1.165) is 12.8 Å². The van der Waals surface area contributed by atoms with E-state index in [1.54, 1.807) is 0 Å². The first-order valence-electron chi connectivity index (χ1n) is 5.70. The summed E-state index contributed by atoms with van der Waals surface area (Å²) in [4.78, 5) is 19.8. The predicted octanol–water partition coefficient (Wildman–Crippen LogP) is 1.65. The molecule has 0 radical (unpaired) electrons. The van der Waals surface area contributed by atoms with Crippen LogP contribution in [0.3, 0.4) is 0 Å². The minimum absolute atomic E-state index is 0.124. The number of nitrogens with zero attached hydrogens (tertiary/aromatic N) is 2. The van der Waals surface area contributed by atoms with Crippen LogP contribution in [-0.4, -0.2) is 35.7 Å². The molecule has 1 aromatic heterocycles. The van der Waals surface area contributed by atoms with Gasteiger partial charge in [0.15, 0.2) is 0 Å². The second kappa shape index (κ2) is 5.97. The van der Waals surface area contributed by atoms with Crippen molar-refractivity contribution in [1.29, 1.82) is 0 Å². The number of hydrogen-bond donors (Lipinski definition) is 1. The molecule has 1 fully saturated rings. The van der Waals surface area contributed by atoms with E-state index in [2.05, 4.69) is 15.3 Å². The van der Waals surface area contributed by atoms with Gasteiger partial charge in [-0.25, -0.2) is 4.98 Å². The van der Waals surface area contributed by atoms with Crippen molar-refractivity contribution >= 4 is 23.5 Å². The maximum Gasteiger partial charge on any atom is 0.255 e. The summed E-state index contributed by atoms with van der Waals surface area (Å²) in [5.74, 6) is 0.174. The monoisotopic (exact) mass is 271 g/mol. The predicted molar refractivity (Wildman–Crippen MR) is 65.8 cm³/mol. The van der Waals surface area contributed by atoms with Gasteiger partial charge in [0.2, 0.25) is 11.8 Å². The number of aromatic nitrogens is 2. The van der Waals surface area contributed by atoms with Crippen molar-refractivity contribution in [2.24, 2.45) is 0 Å². The Morgan fingerprint density at radius 1 is 1.56 bits per heavy atom. The Kier molecular flexibility index (Phi) is 4.33. The third-order valence-corrected chi connectivity index (χ3v) is 2.78. The Morgan fingerprint density at radius 2 is 2.39 bits per heavy atom. The maximum atomic E-state index is 11.9. The molecule has 6 nitrogen and oxygen atoms in total. The lowest BCUT2D eigenvalue weighted by atomic mass is 10.1. The van der Waals surface area contributed by atoms with E-state index in [1.807, 2.05) is 0 Å². The maximum absolute atomic E-state index is 11.9. The van der Waals surface area contributed by atoms with Gasteiger partial charge in [-0.3, -0.25) is 10.1 Å². The first-order valence-corrected chi connectivity index (χ1v) is 6.08. The van der Waals surface area contributed by atoms with E-state index in [-0.39, 0.29) is 17.0 Å². The quantitative estimate of drug-likeness (QED) is 0.846. The number of amides is 1. The summed E-state index contributed by atoms with van der Waals surface area (Å²) < 4.78 is 10.3. The van der Waals surface area contributed by atoms with Gasteiger partial charge < -0.3 is 9.47 Å². The fraction of sp³-hybridized carbons (Fsp3) is 0.545. The topological polar surface area (TPSA) is 73.3 Å². The summed E-state index contributed by atoms with van der Waals surface area (Å²) in [6, 6.07) is 1.47. The van der Waals surface area contributed by atoms with Gasteiger partial charge >= 0.3 is 0 Å². The molecule has 2 rings (SSSR count). The van der Waals surface area contributed by atoms with Gasteiger partial charge in [-0.05, 0) is 19.3 Å². The van der Waals surface area contributed by atoms with E-state index in [1.165, 1.54) is 13.2 Å². The van der Waals surface area contributed by atoms with E-state index < -0.39 is 6.10 Å². The largest absolute Gasteiger partial charge is 0.481 e. The SMILES string of the molecule is COc1cc(Cl)nc(NC(=O)C2CCCCO2)n1. The summed E-state index contributed by atoms with van der Waals surface area (Å²) in [6.07, 6.45) is 2.25. The molecule has 1 aliphatic rings. The van der Waals surface area contributed by atoms with Crippen molar-refractivity contribution in [3.8, 4) is 5.88 Å². The molecule has 0 saturated carbocycles. The number of anilines is 1. The molecule has 7 heteroatoms. The molecule has 0 bridgehead atoms. The second-order valence-corrected chi connectivity index (χ2v) is 4.29. The molecule has 1 aliphatic heterocycles. The van der Waals surface area contributed by atoms with Crippen LogP contribution in [0.25, 0.3) is 0 Å². The molecule has 98 valence electrons. The van der Waals surface area contributed by atoms with Crippen LogP contribution in [0.4, 0.5) is 5.95 Å². The van der Waals surface area contributed by atoms with Crippen LogP contribution in [0.1, 0.15) is 19.3 Å². The Labute approximate surface area is 110 Å². The molecule has 1 amide bonds. The Morgan fingerprint density at radius 3 is 3.06 bits per heavy atom. The lowest BCUT2D eigenvalue weighted by Crippen LogP contribution is -2.33. The summed E-state index contributed by atoms with van der Waals surface area (Å²) in [5.41, 5.74) is 0. The van der Waals surface area contributed by atoms with Crippen LogP contribution >= 0.6 is 11.6 Å². The van der Waals surface area contributed by atoms with E-state index in [4.69, 9.17) is 21.1 Å². The second-order valence-electron chi connectivity index (χ2n) is 3.90. The first-order chi connectivity index (χ1) is 8.69. The van der Waals surface area contributed by atoms with E-state index >= 15 is 0 Å². The zero-order valence-electron chi connectivity index (χ0n) is 9.98. The third kappa shape index (κ3) is 3.30. The Hall–Kier alpha value is -1.40. The lowest BCUT2D eigenvalue weighted by Gasteiger charge is -2.21. The van der Waals surface area contributed by atoms with Crippen LogP contribution in [-0.2, 0) is 9.53 Å². The number of carbonyl (C=O) groups excluding carboxylic acids is 1. The minimum atomic E-state index is -0.438. The summed E-state index contributed by atoms with van der Waals surface area (Å²) >= 11 is 5.78. The highest BCUT2D eigenvalue weighted by Crippen LogP contribution is 2.18. The van der Waals surface area contributed by atoms with Crippen LogP contribution in [0.2, 0.25) is 5.15 Å². The van der Waals surface area contributed by atoms with Crippen molar-refractivity contribution in [2.45, 2.75) is 25.4 Å². The number of halogens is 1. The molecular formula is C11H14ClN3O3. The molecule has 1 saturated heterocycles. The van der Waals surface area contributed by atoms with Crippen LogP contribution in [0, 0.1) is 0 Å². The minimum Gasteiger partial charge on any atom is -0.481 e. The number of carbonyl (C=O) groups is 1. The Bertz CT molecular complexity index is 436. The fourth-order valence-electron chi connectivity index (χ4n) is 1.70. The number of nitrogens with one attached hydrogen (secondary N) is 1. The zero-order chi connectivity index (χ0) is 13.0. The first kappa shape index (κ1) is 13.0. The normalized spacial score (nSPS) is 19.3. The smallest absolute Gasteiger partial charge is 0.255 e. The van der Waals surface area contributed by atoms with Crippen molar-refractivity contribution in [1.82, 2.24) is 9.97 Å². The summed E-state index contributed by atoms with van der Waals surface area (Å²) in [7, 11) is 1.47. The Balaban J connectivity index is 2.03. The third-order valence-electron chi connectivity index (χ3n) is 2.59. The van der Waals surface area contributed by atoms with Crippen molar-refractivity contribution < 1.29 is 14.3 Å². The molecule has 0 aromatic carbocycles. The summed E-state index contributed by atoms with van der Waals surface area (Å²) in [6.45, 7) is 0.609. The van der Waals surface area contributed by atoms with Gasteiger partial charge in [0.25, 0.3) is 5.91 Å².